The number of fused-ring (bicyclic) bond motifs is 3. The van der Waals surface area contributed by atoms with Crippen molar-refractivity contribution in [3.05, 3.63) is 20.9 Å². The van der Waals surface area contributed by atoms with Crippen LogP contribution in [-0.2, 0) is 25.7 Å². The zero-order valence-electron chi connectivity index (χ0n) is 12.3. The molecule has 0 radical (unpaired) electrons. The quantitative estimate of drug-likeness (QED) is 0.558. The minimum Gasteiger partial charge on any atom is -0.145 e. The van der Waals surface area contributed by atoms with E-state index in [1.165, 1.54) is 89.9 Å². The topological polar surface area (TPSA) is 0 Å². The van der Waals surface area contributed by atoms with E-state index < -0.39 is 0 Å². The van der Waals surface area contributed by atoms with Crippen molar-refractivity contribution in [2.75, 3.05) is 0 Å². The number of hydrogen-bond donors (Lipinski definition) is 0. The van der Waals surface area contributed by atoms with Crippen molar-refractivity contribution < 1.29 is 0 Å². The molecule has 0 fully saturated rings. The Kier molecular flexibility index (Phi) is 4.98. The van der Waals surface area contributed by atoms with Crippen LogP contribution in [0.4, 0.5) is 0 Å². The van der Waals surface area contributed by atoms with Crippen molar-refractivity contribution in [3.63, 3.8) is 0 Å². The highest BCUT2D eigenvalue weighted by atomic mass is 32.1. The van der Waals surface area contributed by atoms with Crippen molar-refractivity contribution in [2.24, 2.45) is 0 Å². The molecule has 0 bridgehead atoms. The lowest BCUT2D eigenvalue weighted by molar-refractivity contribution is 0.625. The van der Waals surface area contributed by atoms with Crippen LogP contribution in [0.5, 0.6) is 0 Å². The summed E-state index contributed by atoms with van der Waals surface area (Å²) in [5, 5.41) is 0. The maximum absolute atomic E-state index is 2.20. The second-order valence-corrected chi connectivity index (χ2v) is 7.63. The molecule has 0 amide bonds. The molecule has 0 nitrogen and oxygen atoms in total. The van der Waals surface area contributed by atoms with E-state index in [0.717, 1.165) is 0 Å². The van der Waals surface area contributed by atoms with Gasteiger partial charge in [-0.25, -0.2) is 0 Å². The minimum atomic E-state index is 1.38. The van der Waals surface area contributed by atoms with Crippen LogP contribution in [0.25, 0.3) is 0 Å². The second-order valence-electron chi connectivity index (χ2n) is 6.44. The largest absolute Gasteiger partial charge is 0.145 e. The normalized spacial score (nSPS) is 21.9. The maximum atomic E-state index is 2.20. The molecule has 0 aliphatic heterocycles. The average Bonchev–Trinajstić information content (AvgIpc) is 2.81. The van der Waals surface area contributed by atoms with Crippen LogP contribution in [0.2, 0.25) is 0 Å². The zero-order chi connectivity index (χ0) is 12.9. The first-order valence-electron chi connectivity index (χ1n) is 8.57. The van der Waals surface area contributed by atoms with Crippen LogP contribution in [0.15, 0.2) is 0 Å². The Morgan fingerprint density at radius 1 is 0.421 bits per heavy atom. The SMILES string of the molecule is C1CCCc2sc3c(c2CCC1)CCCCCCC3. The van der Waals surface area contributed by atoms with E-state index in [2.05, 4.69) is 11.3 Å². The molecule has 1 aromatic heterocycles. The van der Waals surface area contributed by atoms with Crippen LogP contribution in [0, 0.1) is 0 Å². The first-order valence-corrected chi connectivity index (χ1v) is 9.39. The molecule has 3 rings (SSSR count). The molecule has 0 aromatic carbocycles. The molecule has 2 aliphatic carbocycles. The predicted molar refractivity (Wildman–Crippen MR) is 85.3 cm³/mol. The van der Waals surface area contributed by atoms with Gasteiger partial charge in [0.1, 0.15) is 0 Å². The Morgan fingerprint density at radius 3 is 1.26 bits per heavy atom. The molecule has 0 N–H and O–H groups in total. The van der Waals surface area contributed by atoms with Crippen molar-refractivity contribution in [1.29, 1.82) is 0 Å². The lowest BCUT2D eigenvalue weighted by Gasteiger charge is -2.07. The van der Waals surface area contributed by atoms with Crippen LogP contribution in [0.3, 0.4) is 0 Å². The minimum absolute atomic E-state index is 1.38. The molecule has 1 aromatic rings. The van der Waals surface area contributed by atoms with Crippen LogP contribution in [-0.4, -0.2) is 0 Å². The Balaban J connectivity index is 1.87. The number of thiophene rings is 1. The molecular weight excluding hydrogens is 248 g/mol. The van der Waals surface area contributed by atoms with Gasteiger partial charge in [-0.05, 0) is 62.5 Å². The summed E-state index contributed by atoms with van der Waals surface area (Å²) in [6.07, 6.45) is 20.1. The number of rotatable bonds is 0. The maximum Gasteiger partial charge on any atom is 0.00830 e. The Hall–Kier alpha value is -0.300. The van der Waals surface area contributed by atoms with E-state index in [1.54, 1.807) is 9.75 Å². The van der Waals surface area contributed by atoms with Gasteiger partial charge in [0.15, 0.2) is 0 Å². The van der Waals surface area contributed by atoms with E-state index in [1.807, 2.05) is 11.1 Å². The fraction of sp³-hybridized carbons (Fsp3) is 0.778. The Bertz CT molecular complexity index is 366. The van der Waals surface area contributed by atoms with Crippen LogP contribution in [0.1, 0.15) is 85.1 Å². The predicted octanol–water partition coefficient (Wildman–Crippen LogP) is 5.85. The summed E-state index contributed by atoms with van der Waals surface area (Å²) in [4.78, 5) is 3.57. The Labute approximate surface area is 122 Å². The first kappa shape index (κ1) is 13.7. The summed E-state index contributed by atoms with van der Waals surface area (Å²) >= 11 is 2.20. The fourth-order valence-corrected chi connectivity index (χ4v) is 5.32. The average molecular weight is 276 g/mol. The van der Waals surface area contributed by atoms with Crippen molar-refractivity contribution in [1.82, 2.24) is 0 Å². The summed E-state index contributed by atoms with van der Waals surface area (Å²) in [6.45, 7) is 0. The van der Waals surface area contributed by atoms with E-state index >= 15 is 0 Å². The molecule has 0 saturated heterocycles. The van der Waals surface area contributed by atoms with Crippen molar-refractivity contribution >= 4 is 11.3 Å². The van der Waals surface area contributed by atoms with Crippen molar-refractivity contribution in [2.45, 2.75) is 89.9 Å². The van der Waals surface area contributed by atoms with Crippen molar-refractivity contribution in [3.8, 4) is 0 Å². The van der Waals surface area contributed by atoms with Crippen LogP contribution >= 0.6 is 11.3 Å². The lowest BCUT2D eigenvalue weighted by atomic mass is 9.97. The third kappa shape index (κ3) is 3.42. The van der Waals surface area contributed by atoms with Crippen LogP contribution < -0.4 is 0 Å². The highest BCUT2D eigenvalue weighted by Crippen LogP contribution is 2.35. The van der Waals surface area contributed by atoms with E-state index in [-0.39, 0.29) is 0 Å². The summed E-state index contributed by atoms with van der Waals surface area (Å²) in [5.41, 5.74) is 3.65. The molecule has 1 heterocycles. The first-order chi connectivity index (χ1) is 9.45. The van der Waals surface area contributed by atoms with Gasteiger partial charge in [0.25, 0.3) is 0 Å². The molecule has 106 valence electrons. The molecule has 0 saturated carbocycles. The smallest absolute Gasteiger partial charge is 0.00830 e. The van der Waals surface area contributed by atoms with Gasteiger partial charge in [0.2, 0.25) is 0 Å². The molecule has 2 aliphatic rings. The van der Waals surface area contributed by atoms with Gasteiger partial charge < -0.3 is 0 Å². The summed E-state index contributed by atoms with van der Waals surface area (Å²) in [5.74, 6) is 0. The molecule has 1 heteroatoms. The van der Waals surface area contributed by atoms with E-state index in [0.29, 0.717) is 0 Å². The lowest BCUT2D eigenvalue weighted by Crippen LogP contribution is -1.96. The number of aryl methyl sites for hydroxylation is 2. The summed E-state index contributed by atoms with van der Waals surface area (Å²) in [6, 6.07) is 0. The van der Waals surface area contributed by atoms with Gasteiger partial charge in [-0.2, -0.15) is 0 Å². The fourth-order valence-electron chi connectivity index (χ4n) is 3.83. The van der Waals surface area contributed by atoms with Gasteiger partial charge in [-0.1, -0.05) is 38.5 Å². The van der Waals surface area contributed by atoms with Gasteiger partial charge in [0, 0.05) is 9.75 Å². The monoisotopic (exact) mass is 276 g/mol. The highest BCUT2D eigenvalue weighted by molar-refractivity contribution is 7.12. The van der Waals surface area contributed by atoms with E-state index in [9.17, 15) is 0 Å². The molecule has 0 atom stereocenters. The summed E-state index contributed by atoms with van der Waals surface area (Å²) in [7, 11) is 0. The molecule has 0 spiro atoms. The van der Waals surface area contributed by atoms with Gasteiger partial charge in [0.05, 0.1) is 0 Å². The van der Waals surface area contributed by atoms with Gasteiger partial charge >= 0.3 is 0 Å². The van der Waals surface area contributed by atoms with Gasteiger partial charge in [-0.15, -0.1) is 11.3 Å². The summed E-state index contributed by atoms with van der Waals surface area (Å²) < 4.78 is 0. The standard InChI is InChI=1S/C18H28S/c1-3-7-11-15-16-12-8-4-2-6-10-14-18(16)19-17(15)13-9-5-1/h1-14H2. The third-order valence-electron chi connectivity index (χ3n) is 4.95. The Morgan fingerprint density at radius 2 is 0.789 bits per heavy atom. The molecule has 0 unspecified atom stereocenters. The molecule has 19 heavy (non-hydrogen) atoms. The highest BCUT2D eigenvalue weighted by Gasteiger charge is 2.18. The van der Waals surface area contributed by atoms with Gasteiger partial charge in [-0.3, -0.25) is 0 Å². The second kappa shape index (κ2) is 6.92. The zero-order valence-corrected chi connectivity index (χ0v) is 13.1. The van der Waals surface area contributed by atoms with E-state index in [4.69, 9.17) is 0 Å². The molecular formula is C18H28S. The third-order valence-corrected chi connectivity index (χ3v) is 6.34. The number of hydrogen-bond acceptors (Lipinski definition) is 1.